The molecule has 0 unspecified atom stereocenters. The summed E-state index contributed by atoms with van der Waals surface area (Å²) in [5.41, 5.74) is 7.47. The summed E-state index contributed by atoms with van der Waals surface area (Å²) in [5.74, 6) is 1.64. The third-order valence-electron chi connectivity index (χ3n) is 6.83. The zero-order valence-corrected chi connectivity index (χ0v) is 19.4. The third kappa shape index (κ3) is 4.13. The number of fused-ring (bicyclic) bond motifs is 1. The Balaban J connectivity index is 1.55. The van der Waals surface area contributed by atoms with E-state index in [1.165, 1.54) is 11.1 Å². The van der Waals surface area contributed by atoms with Gasteiger partial charge in [-0.15, -0.1) is 0 Å². The molecular weight excluding hydrogens is 408 g/mol. The van der Waals surface area contributed by atoms with Crippen molar-refractivity contribution in [3.05, 3.63) is 101 Å². The molecule has 2 N–H and O–H groups in total. The summed E-state index contributed by atoms with van der Waals surface area (Å²) in [6, 6.07) is 24.8. The van der Waals surface area contributed by atoms with E-state index in [9.17, 15) is 4.79 Å². The monoisotopic (exact) mass is 438 g/mol. The van der Waals surface area contributed by atoms with E-state index in [0.29, 0.717) is 12.3 Å². The second-order valence-corrected chi connectivity index (χ2v) is 9.26. The molecule has 33 heavy (non-hydrogen) atoms. The van der Waals surface area contributed by atoms with Crippen molar-refractivity contribution < 1.29 is 9.53 Å². The minimum Gasteiger partial charge on any atom is -0.497 e. The number of hydrogen-bond acceptors (Lipinski definition) is 4. The van der Waals surface area contributed by atoms with E-state index in [4.69, 9.17) is 4.74 Å². The molecule has 0 saturated carbocycles. The van der Waals surface area contributed by atoms with Crippen molar-refractivity contribution in [1.82, 2.24) is 0 Å². The van der Waals surface area contributed by atoms with Crippen molar-refractivity contribution in [2.45, 2.75) is 44.6 Å². The van der Waals surface area contributed by atoms with Gasteiger partial charge in [0.25, 0.3) is 0 Å². The van der Waals surface area contributed by atoms with E-state index in [-0.39, 0.29) is 17.7 Å². The van der Waals surface area contributed by atoms with Crippen molar-refractivity contribution in [2.24, 2.45) is 0 Å². The number of anilines is 2. The van der Waals surface area contributed by atoms with Gasteiger partial charge in [0, 0.05) is 17.7 Å². The number of carbonyl (C=O) groups excluding carboxylic acids is 1. The largest absolute Gasteiger partial charge is 0.497 e. The molecule has 1 aliphatic heterocycles. The molecule has 0 spiro atoms. The maximum absolute atomic E-state index is 13.6. The zero-order valence-electron chi connectivity index (χ0n) is 19.4. The van der Waals surface area contributed by atoms with E-state index in [0.717, 1.165) is 40.4 Å². The molecule has 0 fully saturated rings. The first-order valence-electron chi connectivity index (χ1n) is 11.7. The number of ether oxygens (including phenoxy) is 1. The highest BCUT2D eigenvalue weighted by Gasteiger charge is 2.36. The average Bonchev–Trinajstić information content (AvgIpc) is 3.01. The van der Waals surface area contributed by atoms with Gasteiger partial charge in [-0.1, -0.05) is 62.4 Å². The molecule has 0 aromatic heterocycles. The van der Waals surface area contributed by atoms with Crippen molar-refractivity contribution in [2.75, 3.05) is 17.7 Å². The van der Waals surface area contributed by atoms with Gasteiger partial charge >= 0.3 is 0 Å². The van der Waals surface area contributed by atoms with Gasteiger partial charge in [-0.2, -0.15) is 0 Å². The molecule has 2 atom stereocenters. The zero-order chi connectivity index (χ0) is 22.9. The Morgan fingerprint density at radius 2 is 1.52 bits per heavy atom. The van der Waals surface area contributed by atoms with Crippen LogP contribution in [-0.4, -0.2) is 12.9 Å². The van der Waals surface area contributed by atoms with E-state index >= 15 is 0 Å². The van der Waals surface area contributed by atoms with Crippen LogP contribution in [0.25, 0.3) is 0 Å². The molecule has 1 aliphatic carbocycles. The lowest BCUT2D eigenvalue weighted by molar-refractivity contribution is -0.116. The van der Waals surface area contributed by atoms with E-state index in [1.54, 1.807) is 7.11 Å². The average molecular weight is 439 g/mol. The summed E-state index contributed by atoms with van der Waals surface area (Å²) in [6.07, 6.45) is 1.30. The maximum Gasteiger partial charge on any atom is 0.163 e. The Labute approximate surface area is 195 Å². The van der Waals surface area contributed by atoms with Crippen LogP contribution in [0.3, 0.4) is 0 Å². The van der Waals surface area contributed by atoms with Crippen LogP contribution >= 0.6 is 0 Å². The van der Waals surface area contributed by atoms with Gasteiger partial charge in [-0.05, 0) is 59.2 Å². The maximum atomic E-state index is 13.6. The van der Waals surface area contributed by atoms with Crippen LogP contribution in [-0.2, 0) is 4.79 Å². The van der Waals surface area contributed by atoms with Gasteiger partial charge < -0.3 is 15.4 Å². The van der Waals surface area contributed by atoms with Crippen molar-refractivity contribution in [1.29, 1.82) is 0 Å². The van der Waals surface area contributed by atoms with Gasteiger partial charge in [0.2, 0.25) is 0 Å². The Morgan fingerprint density at radius 3 is 2.18 bits per heavy atom. The summed E-state index contributed by atoms with van der Waals surface area (Å²) in [7, 11) is 1.67. The number of hydrogen-bond donors (Lipinski definition) is 2. The Hall–Kier alpha value is -3.53. The van der Waals surface area contributed by atoms with Crippen LogP contribution in [0.2, 0.25) is 0 Å². The SMILES string of the molecule is COc1ccc([C@@H]2CC(=O)C3=C(C2)Nc2ccccc2N[C@H]3c2ccc(C(C)C)cc2)cc1. The summed E-state index contributed by atoms with van der Waals surface area (Å²) in [5, 5.41) is 7.28. The standard InChI is InChI=1S/C29H30N2O2/c1-18(2)19-8-10-21(11-9-19)29-28-26(30-24-6-4-5-7-25(24)31-29)16-22(17-27(28)32)20-12-14-23(33-3)15-13-20/h4-15,18,22,29-31H,16-17H2,1-3H3/t22-,29-/m0/s1. The highest BCUT2D eigenvalue weighted by Crippen LogP contribution is 2.44. The molecule has 3 aromatic rings. The van der Waals surface area contributed by atoms with E-state index in [2.05, 4.69) is 73.0 Å². The lowest BCUT2D eigenvalue weighted by atomic mass is 9.78. The number of rotatable bonds is 4. The van der Waals surface area contributed by atoms with Crippen LogP contribution in [0.4, 0.5) is 11.4 Å². The Kier molecular flexibility index (Phi) is 5.67. The molecule has 0 amide bonds. The molecule has 0 radical (unpaired) electrons. The molecule has 3 aromatic carbocycles. The molecular formula is C29H30N2O2. The number of nitrogens with one attached hydrogen (secondary N) is 2. The predicted octanol–water partition coefficient (Wildman–Crippen LogP) is 6.80. The fraction of sp³-hybridized carbons (Fsp3) is 0.276. The van der Waals surface area contributed by atoms with Crippen molar-refractivity contribution in [3.8, 4) is 5.75 Å². The molecule has 4 heteroatoms. The first-order valence-corrected chi connectivity index (χ1v) is 11.7. The highest BCUT2D eigenvalue weighted by atomic mass is 16.5. The van der Waals surface area contributed by atoms with Crippen LogP contribution in [0.5, 0.6) is 5.75 Å². The van der Waals surface area contributed by atoms with Gasteiger partial charge in [0.1, 0.15) is 5.75 Å². The minimum atomic E-state index is -0.179. The molecule has 168 valence electrons. The van der Waals surface area contributed by atoms with Crippen molar-refractivity contribution >= 4 is 17.2 Å². The number of allylic oxidation sites excluding steroid dienone is 1. The smallest absolute Gasteiger partial charge is 0.163 e. The summed E-state index contributed by atoms with van der Waals surface area (Å²) in [4.78, 5) is 13.6. The lowest BCUT2D eigenvalue weighted by Gasteiger charge is -2.30. The predicted molar refractivity (Wildman–Crippen MR) is 134 cm³/mol. The first-order chi connectivity index (χ1) is 16.0. The van der Waals surface area contributed by atoms with E-state index in [1.807, 2.05) is 24.3 Å². The van der Waals surface area contributed by atoms with E-state index < -0.39 is 0 Å². The second kappa shape index (κ2) is 8.78. The summed E-state index contributed by atoms with van der Waals surface area (Å²) < 4.78 is 5.31. The molecule has 0 bridgehead atoms. The molecule has 5 rings (SSSR count). The van der Waals surface area contributed by atoms with Crippen LogP contribution in [0.1, 0.15) is 61.3 Å². The first kappa shape index (κ1) is 21.3. The topological polar surface area (TPSA) is 50.4 Å². The minimum absolute atomic E-state index is 0.142. The Bertz CT molecular complexity index is 1190. The normalized spacial score (nSPS) is 19.8. The second-order valence-electron chi connectivity index (χ2n) is 9.26. The third-order valence-corrected chi connectivity index (χ3v) is 6.83. The van der Waals surface area contributed by atoms with Crippen LogP contribution in [0.15, 0.2) is 84.1 Å². The highest BCUT2D eigenvalue weighted by molar-refractivity contribution is 6.01. The molecule has 1 heterocycles. The fourth-order valence-electron chi connectivity index (χ4n) is 4.93. The summed E-state index contributed by atoms with van der Waals surface area (Å²) in [6.45, 7) is 4.40. The van der Waals surface area contributed by atoms with Gasteiger partial charge in [0.15, 0.2) is 5.78 Å². The molecule has 2 aliphatic rings. The number of benzene rings is 3. The quantitative estimate of drug-likeness (QED) is 0.470. The molecule has 0 saturated heterocycles. The number of methoxy groups -OCH3 is 1. The summed E-state index contributed by atoms with van der Waals surface area (Å²) >= 11 is 0. The van der Waals surface area contributed by atoms with Crippen molar-refractivity contribution in [3.63, 3.8) is 0 Å². The van der Waals surface area contributed by atoms with Crippen LogP contribution < -0.4 is 15.4 Å². The number of para-hydroxylation sites is 2. The number of Topliss-reactive ketones (excluding diaryl/α,β-unsaturated/α-hetero) is 1. The molecule has 4 nitrogen and oxygen atoms in total. The fourth-order valence-corrected chi connectivity index (χ4v) is 4.93. The lowest BCUT2D eigenvalue weighted by Crippen LogP contribution is -2.26. The Morgan fingerprint density at radius 1 is 0.848 bits per heavy atom. The van der Waals surface area contributed by atoms with Gasteiger partial charge in [0.05, 0.1) is 24.5 Å². The number of ketones is 1. The van der Waals surface area contributed by atoms with Gasteiger partial charge in [-0.25, -0.2) is 0 Å². The van der Waals surface area contributed by atoms with Crippen LogP contribution in [0, 0.1) is 0 Å². The number of carbonyl (C=O) groups is 1. The van der Waals surface area contributed by atoms with Gasteiger partial charge in [-0.3, -0.25) is 4.79 Å².